The molecule has 0 N–H and O–H groups in total. The smallest absolute Gasteiger partial charge is 0.416 e. The van der Waals surface area contributed by atoms with Gasteiger partial charge in [-0.25, -0.2) is 0 Å². The number of carbonyl (C=O) groups is 1. The van der Waals surface area contributed by atoms with Crippen molar-refractivity contribution in [2.24, 2.45) is 0 Å². The van der Waals surface area contributed by atoms with E-state index in [0.717, 1.165) is 28.0 Å². The lowest BCUT2D eigenvalue weighted by Gasteiger charge is -2.44. The second kappa shape index (κ2) is 18.2. The number of methoxy groups -OCH3 is 1. The number of piperazine rings is 1. The summed E-state index contributed by atoms with van der Waals surface area (Å²) in [5, 5.41) is 1.86. The number of ether oxygens (including phenoxy) is 2. The zero-order valence-electron chi connectivity index (χ0n) is 34.2. The molecule has 2 fully saturated rings. The summed E-state index contributed by atoms with van der Waals surface area (Å²) in [6.45, 7) is 13.3. The minimum atomic E-state index is -5.08. The number of halogens is 6. The highest BCUT2D eigenvalue weighted by molar-refractivity contribution is 7.00. The van der Waals surface area contributed by atoms with Crippen LogP contribution in [-0.4, -0.2) is 107 Å². The number of carbonyl (C=O) groups excluding carboxylic acids is 1. The number of benzene rings is 4. The zero-order chi connectivity index (χ0) is 42.6. The Labute approximate surface area is 344 Å². The van der Waals surface area contributed by atoms with Gasteiger partial charge in [-0.15, -0.1) is 0 Å². The molecule has 1 amide bonds. The fraction of sp³-hybridized carbons (Fsp3) is 0.444. The Morgan fingerprint density at radius 3 is 1.88 bits per heavy atom. The van der Waals surface area contributed by atoms with E-state index in [1.165, 1.54) is 4.90 Å². The lowest BCUT2D eigenvalue weighted by atomic mass is 9.98. The molecule has 6 rings (SSSR count). The molecule has 0 saturated carbocycles. The molecular formula is C45H53F6N3O4Si. The van der Waals surface area contributed by atoms with Gasteiger partial charge in [0.05, 0.1) is 30.4 Å². The van der Waals surface area contributed by atoms with Crippen molar-refractivity contribution in [2.75, 3.05) is 66.1 Å². The van der Waals surface area contributed by atoms with Crippen LogP contribution in [0.2, 0.25) is 5.04 Å². The van der Waals surface area contributed by atoms with Crippen LogP contribution >= 0.6 is 0 Å². The first kappa shape index (κ1) is 44.3. The maximum atomic E-state index is 14.2. The van der Waals surface area contributed by atoms with Gasteiger partial charge >= 0.3 is 20.7 Å². The van der Waals surface area contributed by atoms with Gasteiger partial charge < -0.3 is 18.8 Å². The normalized spacial score (nSPS) is 18.9. The Balaban J connectivity index is 1.34. The third kappa shape index (κ3) is 10.4. The summed E-state index contributed by atoms with van der Waals surface area (Å²) >= 11 is 0. The molecule has 2 saturated heterocycles. The van der Waals surface area contributed by atoms with Crippen LogP contribution in [-0.2, 0) is 28.2 Å². The van der Waals surface area contributed by atoms with Crippen molar-refractivity contribution in [2.45, 2.75) is 63.7 Å². The van der Waals surface area contributed by atoms with Gasteiger partial charge in [-0.3, -0.25) is 14.6 Å². The van der Waals surface area contributed by atoms with E-state index in [1.807, 2.05) is 61.5 Å². The van der Waals surface area contributed by atoms with E-state index >= 15 is 0 Å². The molecule has 4 aromatic rings. The van der Waals surface area contributed by atoms with Gasteiger partial charge in [0.1, 0.15) is 5.75 Å². The summed E-state index contributed by atoms with van der Waals surface area (Å²) in [6.07, 6.45) is -9.93. The summed E-state index contributed by atoms with van der Waals surface area (Å²) in [4.78, 5) is 20.2. The first-order valence-electron chi connectivity index (χ1n) is 19.9. The van der Waals surface area contributed by atoms with E-state index in [2.05, 4.69) is 54.8 Å². The van der Waals surface area contributed by atoms with E-state index in [1.54, 1.807) is 7.11 Å². The number of nitrogens with zero attached hydrogens (tertiary/aromatic N) is 3. The van der Waals surface area contributed by atoms with Gasteiger partial charge in [0.25, 0.3) is 5.91 Å². The monoisotopic (exact) mass is 841 g/mol. The second-order valence-electron chi connectivity index (χ2n) is 16.6. The molecule has 0 bridgehead atoms. The topological polar surface area (TPSA) is 54.5 Å². The van der Waals surface area contributed by atoms with Crippen LogP contribution in [0, 0.1) is 6.92 Å². The number of hydrogen-bond donors (Lipinski definition) is 0. The van der Waals surface area contributed by atoms with Crippen molar-refractivity contribution >= 4 is 24.6 Å². The largest absolute Gasteiger partial charge is 0.534 e. The summed E-state index contributed by atoms with van der Waals surface area (Å²) in [7, 11) is -1.41. The van der Waals surface area contributed by atoms with Crippen molar-refractivity contribution in [1.29, 1.82) is 0 Å². The molecule has 2 heterocycles. The highest BCUT2D eigenvalue weighted by Crippen LogP contribution is 2.40. The zero-order valence-corrected chi connectivity index (χ0v) is 35.2. The van der Waals surface area contributed by atoms with Crippen LogP contribution in [0.4, 0.5) is 26.3 Å². The number of rotatable bonds is 12. The maximum Gasteiger partial charge on any atom is 0.416 e. The molecule has 2 aliphatic heterocycles. The predicted octanol–water partition coefficient (Wildman–Crippen LogP) is 7.69. The van der Waals surface area contributed by atoms with E-state index < -0.39 is 49.3 Å². The van der Waals surface area contributed by atoms with E-state index in [0.29, 0.717) is 63.8 Å². The molecule has 0 unspecified atom stereocenters. The van der Waals surface area contributed by atoms with Gasteiger partial charge in [0, 0.05) is 64.5 Å². The summed E-state index contributed by atoms with van der Waals surface area (Å²) < 4.78 is 102. The average molecular weight is 842 g/mol. The van der Waals surface area contributed by atoms with Gasteiger partial charge in [0.15, 0.2) is 0 Å². The molecule has 0 spiro atoms. The minimum Gasteiger partial charge on any atom is -0.534 e. The first-order chi connectivity index (χ1) is 27.9. The van der Waals surface area contributed by atoms with Crippen molar-refractivity contribution in [1.82, 2.24) is 14.7 Å². The van der Waals surface area contributed by atoms with Crippen LogP contribution in [0.1, 0.15) is 53.4 Å². The standard InChI is InChI=1S/C45H53F6N3O4Si/c1-32-16-17-33(25-41(32)58-59(43(2,3)4,39-12-8-6-9-13-39)40-14-10-7-11-15-40)24-37-29-52(18-19-53-22-23-57-38(30-53)31-56-5)20-21-54(37)42(55)34-26-35(44(46,47)48)28-36(27-34)45(49,50)51/h6-17,25-28,37-38H,18-24,29-31H2,1-5H3/t37-,38+/m1/s1. The van der Waals surface area contributed by atoms with Gasteiger partial charge in [-0.1, -0.05) is 93.6 Å². The fourth-order valence-electron chi connectivity index (χ4n) is 8.33. The molecular weight excluding hydrogens is 789 g/mol. The molecule has 59 heavy (non-hydrogen) atoms. The highest BCUT2D eigenvalue weighted by Gasteiger charge is 2.52. The van der Waals surface area contributed by atoms with E-state index in [-0.39, 0.29) is 30.2 Å². The summed E-state index contributed by atoms with van der Waals surface area (Å²) in [6, 6.07) is 26.9. The number of morpholine rings is 1. The predicted molar refractivity (Wildman–Crippen MR) is 219 cm³/mol. The SMILES string of the molecule is COC[C@@H]1CN(CCN2CCN(C(=O)c3cc(C(F)(F)F)cc(C(F)(F)F)c3)[C@H](Cc3ccc(C)c(O[Si](c4ccccc4)(c4ccccc4)C(C)(C)C)c3)C2)CCO1. The fourth-order valence-corrected chi connectivity index (χ4v) is 12.8. The molecule has 7 nitrogen and oxygen atoms in total. The molecule has 14 heteroatoms. The molecule has 0 radical (unpaired) electrons. The Morgan fingerprint density at radius 2 is 1.34 bits per heavy atom. The van der Waals surface area contributed by atoms with Crippen molar-refractivity contribution < 1.29 is 45.0 Å². The number of amides is 1. The van der Waals surface area contributed by atoms with Crippen molar-refractivity contribution in [3.63, 3.8) is 0 Å². The molecule has 2 atom stereocenters. The van der Waals surface area contributed by atoms with Gasteiger partial charge in [0.2, 0.25) is 0 Å². The van der Waals surface area contributed by atoms with Crippen molar-refractivity contribution in [3.05, 3.63) is 125 Å². The quantitative estimate of drug-likeness (QED) is 0.108. The van der Waals surface area contributed by atoms with Crippen LogP contribution < -0.4 is 14.8 Å². The van der Waals surface area contributed by atoms with Crippen molar-refractivity contribution in [3.8, 4) is 5.75 Å². The van der Waals surface area contributed by atoms with Crippen LogP contribution in [0.3, 0.4) is 0 Å². The van der Waals surface area contributed by atoms with Crippen LogP contribution in [0.25, 0.3) is 0 Å². The Morgan fingerprint density at radius 1 is 0.763 bits per heavy atom. The highest BCUT2D eigenvalue weighted by atomic mass is 28.4. The van der Waals surface area contributed by atoms with Crippen LogP contribution in [0.15, 0.2) is 97.1 Å². The first-order valence-corrected chi connectivity index (χ1v) is 21.8. The molecule has 0 aliphatic carbocycles. The number of alkyl halides is 6. The molecule has 4 aromatic carbocycles. The minimum absolute atomic E-state index is 0.0492. The van der Waals surface area contributed by atoms with E-state index in [4.69, 9.17) is 13.9 Å². The maximum absolute atomic E-state index is 14.2. The van der Waals surface area contributed by atoms with Gasteiger partial charge in [-0.05, 0) is 64.1 Å². The number of aryl methyl sites for hydroxylation is 1. The van der Waals surface area contributed by atoms with E-state index in [9.17, 15) is 31.1 Å². The third-order valence-electron chi connectivity index (χ3n) is 11.4. The summed E-state index contributed by atoms with van der Waals surface area (Å²) in [5.41, 5.74) is -1.97. The second-order valence-corrected chi connectivity index (χ2v) is 20.8. The molecule has 318 valence electrons. The third-order valence-corrected chi connectivity index (χ3v) is 16.3. The Bertz CT molecular complexity index is 1950. The number of hydrogen-bond acceptors (Lipinski definition) is 6. The lowest BCUT2D eigenvalue weighted by Crippen LogP contribution is -2.68. The molecule has 0 aromatic heterocycles. The molecule has 2 aliphatic rings. The summed E-state index contributed by atoms with van der Waals surface area (Å²) in [5.74, 6) is -0.203. The Hall–Kier alpha value is -4.21. The lowest BCUT2D eigenvalue weighted by molar-refractivity contribution is -0.143. The average Bonchev–Trinajstić information content (AvgIpc) is 3.19. The van der Waals surface area contributed by atoms with Crippen LogP contribution in [0.5, 0.6) is 5.75 Å². The Kier molecular flexibility index (Phi) is 13.7. The van der Waals surface area contributed by atoms with Gasteiger partial charge in [-0.2, -0.15) is 26.3 Å².